The summed E-state index contributed by atoms with van der Waals surface area (Å²) in [5.74, 6) is 0. The zero-order valence-electron chi connectivity index (χ0n) is 10.9. The van der Waals surface area contributed by atoms with Crippen LogP contribution >= 0.6 is 48.0 Å². The summed E-state index contributed by atoms with van der Waals surface area (Å²) in [6.07, 6.45) is 4.57. The number of benzene rings is 1. The van der Waals surface area contributed by atoms with E-state index in [0.29, 0.717) is 16.6 Å². The highest BCUT2D eigenvalue weighted by Gasteiger charge is 2.05. The number of hydrogen-bond acceptors (Lipinski definition) is 2. The van der Waals surface area contributed by atoms with E-state index in [0.717, 1.165) is 17.7 Å². The highest BCUT2D eigenvalue weighted by molar-refractivity contribution is 6.35. The van der Waals surface area contributed by atoms with Crippen LogP contribution in [-0.4, -0.2) is 15.6 Å². The summed E-state index contributed by atoms with van der Waals surface area (Å²) in [5.41, 5.74) is 7.76. The van der Waals surface area contributed by atoms with Crippen molar-refractivity contribution < 1.29 is 0 Å². The second-order valence-electron chi connectivity index (χ2n) is 4.45. The largest absolute Gasteiger partial charge is 0.333 e. The molecule has 1 atom stereocenters. The lowest BCUT2D eigenvalue weighted by atomic mass is 10.2. The van der Waals surface area contributed by atoms with Crippen LogP contribution in [0.15, 0.2) is 30.7 Å². The first-order valence-corrected chi connectivity index (χ1v) is 6.50. The molecule has 7 heteroatoms. The average Bonchev–Trinajstić information content (AvgIpc) is 2.69. The molecule has 0 saturated heterocycles. The van der Waals surface area contributed by atoms with Crippen molar-refractivity contribution in [2.75, 3.05) is 0 Å². The van der Waals surface area contributed by atoms with Crippen LogP contribution in [0.2, 0.25) is 10.0 Å². The Balaban J connectivity index is 0.00000180. The van der Waals surface area contributed by atoms with E-state index in [1.807, 2.05) is 29.8 Å². The first-order chi connectivity index (χ1) is 8.54. The van der Waals surface area contributed by atoms with Gasteiger partial charge >= 0.3 is 0 Å². The van der Waals surface area contributed by atoms with Gasteiger partial charge in [-0.15, -0.1) is 24.8 Å². The molecule has 1 aromatic heterocycles. The van der Waals surface area contributed by atoms with E-state index in [1.165, 1.54) is 0 Å². The highest BCUT2D eigenvalue weighted by Crippen LogP contribution is 2.21. The van der Waals surface area contributed by atoms with Gasteiger partial charge in [0.1, 0.15) is 0 Å². The fraction of sp³-hybridized carbons (Fsp3) is 0.308. The Morgan fingerprint density at radius 1 is 1.30 bits per heavy atom. The topological polar surface area (TPSA) is 43.8 Å². The second-order valence-corrected chi connectivity index (χ2v) is 5.30. The molecule has 0 aliphatic carbocycles. The van der Waals surface area contributed by atoms with E-state index in [9.17, 15) is 0 Å². The Morgan fingerprint density at radius 3 is 2.60 bits per heavy atom. The smallest absolute Gasteiger partial charge is 0.0952 e. The molecule has 3 nitrogen and oxygen atoms in total. The first kappa shape index (κ1) is 19.6. The zero-order chi connectivity index (χ0) is 13.1. The third-order valence-electron chi connectivity index (χ3n) is 2.59. The molecule has 2 N–H and O–H groups in total. The minimum atomic E-state index is 0. The predicted octanol–water partition coefficient (Wildman–Crippen LogP) is 3.97. The summed E-state index contributed by atoms with van der Waals surface area (Å²) in [4.78, 5) is 4.31. The number of halogens is 4. The molecule has 0 spiro atoms. The molecule has 0 aliphatic rings. The van der Waals surface area contributed by atoms with Gasteiger partial charge in [0, 0.05) is 35.2 Å². The van der Waals surface area contributed by atoms with Gasteiger partial charge in [0.15, 0.2) is 0 Å². The van der Waals surface area contributed by atoms with E-state index in [1.54, 1.807) is 12.4 Å². The molecule has 20 heavy (non-hydrogen) atoms. The van der Waals surface area contributed by atoms with Crippen LogP contribution < -0.4 is 5.73 Å². The molecular weight excluding hydrogens is 340 g/mol. The van der Waals surface area contributed by atoms with E-state index in [-0.39, 0.29) is 30.9 Å². The maximum absolute atomic E-state index is 6.13. The molecule has 0 amide bonds. The maximum Gasteiger partial charge on any atom is 0.0952 e. The van der Waals surface area contributed by atoms with Crippen LogP contribution in [0.25, 0.3) is 0 Å². The number of rotatable bonds is 4. The standard InChI is InChI=1S/C13H15Cl2N3.2ClH/c1-9(16)4-12-7-18(8-17-12)6-10-2-3-11(14)5-13(10)15;;/h2-3,5,7-9H,4,6,16H2,1H3;2*1H. The van der Waals surface area contributed by atoms with E-state index in [2.05, 4.69) is 4.98 Å². The van der Waals surface area contributed by atoms with Gasteiger partial charge in [-0.05, 0) is 24.6 Å². The van der Waals surface area contributed by atoms with Gasteiger partial charge in [-0.1, -0.05) is 29.3 Å². The summed E-state index contributed by atoms with van der Waals surface area (Å²) in [5, 5.41) is 1.32. The van der Waals surface area contributed by atoms with Crippen LogP contribution in [-0.2, 0) is 13.0 Å². The lowest BCUT2D eigenvalue weighted by Gasteiger charge is -2.05. The summed E-state index contributed by atoms with van der Waals surface area (Å²) in [6, 6.07) is 5.63. The minimum Gasteiger partial charge on any atom is -0.333 e. The van der Waals surface area contributed by atoms with Crippen molar-refractivity contribution in [2.24, 2.45) is 5.73 Å². The first-order valence-electron chi connectivity index (χ1n) is 5.75. The number of aromatic nitrogens is 2. The number of nitrogens with two attached hydrogens (primary N) is 1. The third kappa shape index (κ3) is 5.51. The minimum absolute atomic E-state index is 0. The third-order valence-corrected chi connectivity index (χ3v) is 3.17. The van der Waals surface area contributed by atoms with Crippen LogP contribution in [0.5, 0.6) is 0 Å². The summed E-state index contributed by atoms with van der Waals surface area (Å²) < 4.78 is 1.99. The molecular formula is C13H17Cl4N3. The van der Waals surface area contributed by atoms with Crippen molar-refractivity contribution in [1.82, 2.24) is 9.55 Å². The van der Waals surface area contributed by atoms with E-state index in [4.69, 9.17) is 28.9 Å². The van der Waals surface area contributed by atoms with Crippen molar-refractivity contribution in [3.8, 4) is 0 Å². The second kappa shape index (κ2) is 8.75. The van der Waals surface area contributed by atoms with Crippen molar-refractivity contribution >= 4 is 48.0 Å². The molecule has 112 valence electrons. The summed E-state index contributed by atoms with van der Waals surface area (Å²) in [6.45, 7) is 2.65. The zero-order valence-corrected chi connectivity index (χ0v) is 14.1. The van der Waals surface area contributed by atoms with Crippen LogP contribution in [0.3, 0.4) is 0 Å². The Bertz CT molecular complexity index is 540. The normalized spacial score (nSPS) is 11.4. The van der Waals surface area contributed by atoms with E-state index < -0.39 is 0 Å². The molecule has 1 unspecified atom stereocenters. The molecule has 0 bridgehead atoms. The fourth-order valence-electron chi connectivity index (χ4n) is 1.77. The Kier molecular flexibility index (Phi) is 8.56. The quantitative estimate of drug-likeness (QED) is 0.900. The molecule has 0 aliphatic heterocycles. The summed E-state index contributed by atoms with van der Waals surface area (Å²) in [7, 11) is 0. The van der Waals surface area contributed by atoms with Gasteiger partial charge in [0.2, 0.25) is 0 Å². The lowest BCUT2D eigenvalue weighted by molar-refractivity contribution is 0.723. The molecule has 2 rings (SSSR count). The Hall–Kier alpha value is -0.450. The van der Waals surface area contributed by atoms with Gasteiger partial charge in [-0.3, -0.25) is 0 Å². The average molecular weight is 357 g/mol. The highest BCUT2D eigenvalue weighted by atomic mass is 35.5. The molecule has 1 heterocycles. The molecule has 0 saturated carbocycles. The van der Waals surface area contributed by atoms with Gasteiger partial charge in [0.25, 0.3) is 0 Å². The number of hydrogen-bond donors (Lipinski definition) is 1. The molecule has 1 aromatic carbocycles. The molecule has 0 radical (unpaired) electrons. The van der Waals surface area contributed by atoms with Crippen molar-refractivity contribution in [1.29, 1.82) is 0 Å². The summed E-state index contributed by atoms with van der Waals surface area (Å²) >= 11 is 12.0. The monoisotopic (exact) mass is 355 g/mol. The number of nitrogens with zero attached hydrogens (tertiary/aromatic N) is 2. The fourth-order valence-corrected chi connectivity index (χ4v) is 2.24. The number of imidazole rings is 1. The van der Waals surface area contributed by atoms with E-state index >= 15 is 0 Å². The molecule has 2 aromatic rings. The van der Waals surface area contributed by atoms with Crippen LogP contribution in [0.4, 0.5) is 0 Å². The van der Waals surface area contributed by atoms with Gasteiger partial charge in [0.05, 0.1) is 12.0 Å². The Morgan fingerprint density at radius 2 is 2.00 bits per heavy atom. The van der Waals surface area contributed by atoms with Crippen molar-refractivity contribution in [2.45, 2.75) is 25.9 Å². The van der Waals surface area contributed by atoms with Gasteiger partial charge in [-0.25, -0.2) is 4.98 Å². The van der Waals surface area contributed by atoms with Crippen molar-refractivity contribution in [3.05, 3.63) is 52.0 Å². The van der Waals surface area contributed by atoms with Gasteiger partial charge in [-0.2, -0.15) is 0 Å². The molecule has 0 fully saturated rings. The SMILES string of the molecule is CC(N)Cc1cn(Cc2ccc(Cl)cc2Cl)cn1.Cl.Cl. The lowest BCUT2D eigenvalue weighted by Crippen LogP contribution is -2.17. The van der Waals surface area contributed by atoms with Crippen molar-refractivity contribution in [3.63, 3.8) is 0 Å². The maximum atomic E-state index is 6.13. The Labute approximate surface area is 141 Å². The van der Waals surface area contributed by atoms with Gasteiger partial charge < -0.3 is 10.3 Å². The van der Waals surface area contributed by atoms with Crippen LogP contribution in [0.1, 0.15) is 18.2 Å². The predicted molar refractivity (Wildman–Crippen MR) is 89.6 cm³/mol. The van der Waals surface area contributed by atoms with Crippen LogP contribution in [0, 0.1) is 0 Å².